The maximum absolute atomic E-state index is 6.49. The summed E-state index contributed by atoms with van der Waals surface area (Å²) in [5.41, 5.74) is 1.16. The molecule has 0 radical (unpaired) electrons. The molecule has 0 unspecified atom stereocenters. The molecule has 1 fully saturated rings. The van der Waals surface area contributed by atoms with Crippen molar-refractivity contribution in [2.24, 2.45) is 4.99 Å². The first kappa shape index (κ1) is 19.0. The minimum atomic E-state index is -0.0270. The molecule has 1 aliphatic rings. The number of nitrogens with one attached hydrogen (secondary N) is 2. The van der Waals surface area contributed by atoms with Crippen molar-refractivity contribution in [2.45, 2.75) is 24.7 Å². The number of hydrogen-bond acceptors (Lipinski definition) is 3. The Hall–Kier alpha value is -1.30. The molecule has 6 heteroatoms. The highest BCUT2D eigenvalue weighted by atomic mass is 35.5. The highest BCUT2D eigenvalue weighted by molar-refractivity contribution is 6.31. The SMILES string of the molecule is CN=C(NCCCOC)NCC1(c2ccccc2Cl)CCOCC1. The monoisotopic (exact) mass is 353 g/mol. The molecule has 0 saturated carbocycles. The molecule has 0 atom stereocenters. The Morgan fingerprint density at radius 3 is 2.71 bits per heavy atom. The molecule has 0 aliphatic carbocycles. The maximum atomic E-state index is 6.49. The number of ether oxygens (including phenoxy) is 2. The fraction of sp³-hybridized carbons (Fsp3) is 0.611. The first-order valence-corrected chi connectivity index (χ1v) is 8.86. The summed E-state index contributed by atoms with van der Waals surface area (Å²) in [6.45, 7) is 3.87. The third-order valence-electron chi connectivity index (χ3n) is 4.53. The third-order valence-corrected chi connectivity index (χ3v) is 4.86. The number of nitrogens with zero attached hydrogens (tertiary/aromatic N) is 1. The average molecular weight is 354 g/mol. The van der Waals surface area contributed by atoms with E-state index >= 15 is 0 Å². The number of aliphatic imine (C=N–C) groups is 1. The van der Waals surface area contributed by atoms with Gasteiger partial charge in [-0.2, -0.15) is 0 Å². The molecule has 0 spiro atoms. The van der Waals surface area contributed by atoms with Crippen LogP contribution in [-0.4, -0.2) is 53.0 Å². The van der Waals surface area contributed by atoms with Gasteiger partial charge in [0.25, 0.3) is 0 Å². The van der Waals surface area contributed by atoms with Crippen LogP contribution in [0.5, 0.6) is 0 Å². The zero-order valence-electron chi connectivity index (χ0n) is 14.6. The summed E-state index contributed by atoms with van der Waals surface area (Å²) >= 11 is 6.49. The lowest BCUT2D eigenvalue weighted by atomic mass is 9.74. The van der Waals surface area contributed by atoms with E-state index in [1.54, 1.807) is 14.2 Å². The molecular formula is C18H28ClN3O2. The van der Waals surface area contributed by atoms with Crippen molar-refractivity contribution >= 4 is 17.6 Å². The Balaban J connectivity index is 2.03. The topological polar surface area (TPSA) is 54.9 Å². The fourth-order valence-corrected chi connectivity index (χ4v) is 3.43. The van der Waals surface area contributed by atoms with Crippen LogP contribution < -0.4 is 10.6 Å². The van der Waals surface area contributed by atoms with Gasteiger partial charge < -0.3 is 20.1 Å². The molecule has 0 amide bonds. The molecular weight excluding hydrogens is 326 g/mol. The van der Waals surface area contributed by atoms with Crippen molar-refractivity contribution in [3.05, 3.63) is 34.9 Å². The van der Waals surface area contributed by atoms with Gasteiger partial charge in [-0.05, 0) is 30.9 Å². The normalized spacial score (nSPS) is 17.5. The van der Waals surface area contributed by atoms with Crippen LogP contribution in [0.25, 0.3) is 0 Å². The Bertz CT molecular complexity index is 531. The van der Waals surface area contributed by atoms with Crippen LogP contribution in [0.1, 0.15) is 24.8 Å². The summed E-state index contributed by atoms with van der Waals surface area (Å²) in [7, 11) is 3.50. The molecule has 2 N–H and O–H groups in total. The molecule has 0 bridgehead atoms. The summed E-state index contributed by atoms with van der Waals surface area (Å²) in [4.78, 5) is 4.31. The van der Waals surface area contributed by atoms with Gasteiger partial charge in [0, 0.05) is 57.5 Å². The second kappa shape index (κ2) is 9.87. The quantitative estimate of drug-likeness (QED) is 0.449. The molecule has 1 aliphatic heterocycles. The Morgan fingerprint density at radius 2 is 2.04 bits per heavy atom. The van der Waals surface area contributed by atoms with Gasteiger partial charge in [0.05, 0.1) is 0 Å². The first-order valence-electron chi connectivity index (χ1n) is 8.48. The van der Waals surface area contributed by atoms with Crippen LogP contribution in [0, 0.1) is 0 Å². The number of guanidine groups is 1. The summed E-state index contributed by atoms with van der Waals surface area (Å²) in [5.74, 6) is 0.809. The predicted molar refractivity (Wildman–Crippen MR) is 99.0 cm³/mol. The van der Waals surface area contributed by atoms with E-state index in [0.717, 1.165) is 63.2 Å². The summed E-state index contributed by atoms with van der Waals surface area (Å²) < 4.78 is 10.7. The number of benzene rings is 1. The van der Waals surface area contributed by atoms with Crippen LogP contribution in [-0.2, 0) is 14.9 Å². The van der Waals surface area contributed by atoms with E-state index in [4.69, 9.17) is 21.1 Å². The zero-order chi connectivity index (χ0) is 17.3. The predicted octanol–water partition coefficient (Wildman–Crippen LogP) is 2.59. The van der Waals surface area contributed by atoms with Crippen LogP contribution >= 0.6 is 11.6 Å². The second-order valence-corrected chi connectivity index (χ2v) is 6.48. The molecule has 5 nitrogen and oxygen atoms in total. The van der Waals surface area contributed by atoms with E-state index in [1.807, 2.05) is 12.1 Å². The highest BCUT2D eigenvalue weighted by Crippen LogP contribution is 2.38. The Morgan fingerprint density at radius 1 is 1.29 bits per heavy atom. The van der Waals surface area contributed by atoms with E-state index in [9.17, 15) is 0 Å². The first-order chi connectivity index (χ1) is 11.7. The van der Waals surface area contributed by atoms with Crippen molar-refractivity contribution in [3.63, 3.8) is 0 Å². The zero-order valence-corrected chi connectivity index (χ0v) is 15.4. The van der Waals surface area contributed by atoms with Crippen molar-refractivity contribution in [1.29, 1.82) is 0 Å². The van der Waals surface area contributed by atoms with Crippen LogP contribution in [0.4, 0.5) is 0 Å². The molecule has 1 aromatic rings. The van der Waals surface area contributed by atoms with Gasteiger partial charge in [0.15, 0.2) is 5.96 Å². The van der Waals surface area contributed by atoms with E-state index in [0.29, 0.717) is 0 Å². The second-order valence-electron chi connectivity index (χ2n) is 6.07. The van der Waals surface area contributed by atoms with Crippen molar-refractivity contribution in [2.75, 3.05) is 47.1 Å². The minimum Gasteiger partial charge on any atom is -0.385 e. The lowest BCUT2D eigenvalue weighted by Crippen LogP contribution is -2.48. The maximum Gasteiger partial charge on any atom is 0.191 e. The van der Waals surface area contributed by atoms with Crippen molar-refractivity contribution in [3.8, 4) is 0 Å². The molecule has 134 valence electrons. The molecule has 1 heterocycles. The van der Waals surface area contributed by atoms with Gasteiger partial charge in [-0.1, -0.05) is 29.8 Å². The number of hydrogen-bond donors (Lipinski definition) is 2. The van der Waals surface area contributed by atoms with Crippen molar-refractivity contribution < 1.29 is 9.47 Å². The fourth-order valence-electron chi connectivity index (χ4n) is 3.09. The smallest absolute Gasteiger partial charge is 0.191 e. The lowest BCUT2D eigenvalue weighted by Gasteiger charge is -2.38. The molecule has 2 rings (SSSR count). The molecule has 1 aromatic carbocycles. The molecule has 24 heavy (non-hydrogen) atoms. The summed E-state index contributed by atoms with van der Waals surface area (Å²) in [6.07, 6.45) is 2.84. The Kier molecular flexibility index (Phi) is 7.82. The summed E-state index contributed by atoms with van der Waals surface area (Å²) in [6, 6.07) is 8.12. The number of methoxy groups -OCH3 is 1. The standard InChI is InChI=1S/C18H28ClN3O2/c1-20-17(21-10-5-11-23-2)22-14-18(8-12-24-13-9-18)15-6-3-4-7-16(15)19/h3-4,6-7H,5,8-14H2,1-2H3,(H2,20,21,22). The third kappa shape index (κ3) is 5.10. The largest absolute Gasteiger partial charge is 0.385 e. The van der Waals surface area contributed by atoms with Gasteiger partial charge >= 0.3 is 0 Å². The lowest BCUT2D eigenvalue weighted by molar-refractivity contribution is 0.0514. The van der Waals surface area contributed by atoms with Gasteiger partial charge in [0.1, 0.15) is 0 Å². The van der Waals surface area contributed by atoms with Crippen LogP contribution in [0.15, 0.2) is 29.3 Å². The van der Waals surface area contributed by atoms with E-state index in [1.165, 1.54) is 5.56 Å². The Labute approximate surface area is 149 Å². The van der Waals surface area contributed by atoms with Gasteiger partial charge in [-0.15, -0.1) is 0 Å². The van der Waals surface area contributed by atoms with E-state index < -0.39 is 0 Å². The van der Waals surface area contributed by atoms with E-state index in [-0.39, 0.29) is 5.41 Å². The van der Waals surface area contributed by atoms with Crippen LogP contribution in [0.2, 0.25) is 5.02 Å². The van der Waals surface area contributed by atoms with Gasteiger partial charge in [-0.3, -0.25) is 4.99 Å². The van der Waals surface area contributed by atoms with Gasteiger partial charge in [0.2, 0.25) is 0 Å². The number of halogens is 1. The van der Waals surface area contributed by atoms with Gasteiger partial charge in [-0.25, -0.2) is 0 Å². The molecule has 1 saturated heterocycles. The number of rotatable bonds is 7. The minimum absolute atomic E-state index is 0.0270. The summed E-state index contributed by atoms with van der Waals surface area (Å²) in [5, 5.41) is 7.61. The molecule has 0 aromatic heterocycles. The van der Waals surface area contributed by atoms with E-state index in [2.05, 4.69) is 27.8 Å². The average Bonchev–Trinajstić information content (AvgIpc) is 2.62. The highest BCUT2D eigenvalue weighted by Gasteiger charge is 2.36. The van der Waals surface area contributed by atoms with Crippen molar-refractivity contribution in [1.82, 2.24) is 10.6 Å². The van der Waals surface area contributed by atoms with Crippen LogP contribution in [0.3, 0.4) is 0 Å².